The molecule has 0 heterocycles. The van der Waals surface area contributed by atoms with Crippen molar-refractivity contribution >= 4 is 29.3 Å². The van der Waals surface area contributed by atoms with Crippen LogP contribution in [-0.4, -0.2) is 12.0 Å². The predicted octanol–water partition coefficient (Wildman–Crippen LogP) is 5.79. The number of carbonyl (C=O) groups excluding carboxylic acids is 1. The van der Waals surface area contributed by atoms with Gasteiger partial charge in [0.1, 0.15) is 0 Å². The molecule has 0 saturated heterocycles. The Hall–Kier alpha value is -1.97. The Kier molecular flexibility index (Phi) is 5.21. The van der Waals surface area contributed by atoms with Crippen LogP contribution in [0.15, 0.2) is 93.5 Å². The first-order chi connectivity index (χ1) is 11.3. The van der Waals surface area contributed by atoms with Crippen LogP contribution in [0.2, 0.25) is 0 Å². The molecule has 0 atom stereocenters. The van der Waals surface area contributed by atoms with E-state index in [4.69, 9.17) is 0 Å². The zero-order chi connectivity index (χ0) is 16.1. The van der Waals surface area contributed by atoms with Crippen LogP contribution in [0.25, 0.3) is 0 Å². The molecule has 3 aromatic rings. The largest absolute Gasteiger partial charge is 0.289 e. The summed E-state index contributed by atoms with van der Waals surface area (Å²) >= 11 is 3.39. The molecule has 0 radical (unpaired) electrons. The minimum Gasteiger partial charge on any atom is -0.289 e. The Bertz CT molecular complexity index is 798. The third-order valence-corrected chi connectivity index (χ3v) is 5.42. The number of carbonyl (C=O) groups is 1. The number of benzene rings is 3. The Morgan fingerprint density at radius 2 is 1.39 bits per heavy atom. The summed E-state index contributed by atoms with van der Waals surface area (Å²) in [5.41, 5.74) is 1.46. The molecule has 0 saturated carbocycles. The van der Waals surface area contributed by atoms with Crippen LogP contribution in [0.3, 0.4) is 0 Å². The molecule has 3 aromatic carbocycles. The summed E-state index contributed by atoms with van der Waals surface area (Å²) in [7, 11) is 0. The van der Waals surface area contributed by atoms with Crippen molar-refractivity contribution in [2.45, 2.75) is 14.7 Å². The highest BCUT2D eigenvalue weighted by molar-refractivity contribution is 8.02. The number of hydrogen-bond acceptors (Lipinski definition) is 3. The van der Waals surface area contributed by atoms with Crippen molar-refractivity contribution in [3.05, 3.63) is 90.0 Å². The van der Waals surface area contributed by atoms with E-state index in [-0.39, 0.29) is 5.78 Å². The van der Waals surface area contributed by atoms with Crippen molar-refractivity contribution in [3.8, 4) is 0 Å². The Labute approximate surface area is 145 Å². The van der Waals surface area contributed by atoms with Gasteiger partial charge in [-0.25, -0.2) is 0 Å². The zero-order valence-corrected chi connectivity index (χ0v) is 14.4. The molecular formula is C20H16OS2. The average molecular weight is 336 g/mol. The lowest BCUT2D eigenvalue weighted by atomic mass is 10.0. The lowest BCUT2D eigenvalue weighted by Crippen LogP contribution is -2.01. The molecule has 0 aromatic heterocycles. The number of thioether (sulfide) groups is 1. The van der Waals surface area contributed by atoms with E-state index in [0.717, 1.165) is 16.0 Å². The van der Waals surface area contributed by atoms with Gasteiger partial charge in [-0.05, 0) is 36.6 Å². The van der Waals surface area contributed by atoms with Crippen molar-refractivity contribution in [2.24, 2.45) is 0 Å². The van der Waals surface area contributed by atoms with E-state index in [1.165, 1.54) is 9.79 Å². The van der Waals surface area contributed by atoms with E-state index in [1.807, 2.05) is 73.0 Å². The molecule has 0 N–H and O–H groups in total. The van der Waals surface area contributed by atoms with Gasteiger partial charge in [-0.1, -0.05) is 60.3 Å². The molecule has 0 aliphatic carbocycles. The minimum absolute atomic E-state index is 0.0668. The molecule has 114 valence electrons. The quantitative estimate of drug-likeness (QED) is 0.433. The second kappa shape index (κ2) is 7.53. The Morgan fingerprint density at radius 3 is 2.04 bits per heavy atom. The molecule has 0 aliphatic heterocycles. The molecule has 0 bridgehead atoms. The summed E-state index contributed by atoms with van der Waals surface area (Å²) in [5, 5.41) is 0. The fourth-order valence-electron chi connectivity index (χ4n) is 2.26. The van der Waals surface area contributed by atoms with Gasteiger partial charge in [-0.2, -0.15) is 0 Å². The zero-order valence-electron chi connectivity index (χ0n) is 12.7. The van der Waals surface area contributed by atoms with Gasteiger partial charge in [0, 0.05) is 25.8 Å². The summed E-state index contributed by atoms with van der Waals surface area (Å²) in [6.07, 6.45) is 2.04. The summed E-state index contributed by atoms with van der Waals surface area (Å²) < 4.78 is 0. The van der Waals surface area contributed by atoms with Gasteiger partial charge in [0.15, 0.2) is 5.78 Å². The van der Waals surface area contributed by atoms with Crippen molar-refractivity contribution in [1.82, 2.24) is 0 Å². The monoisotopic (exact) mass is 336 g/mol. The molecule has 0 aliphatic rings. The van der Waals surface area contributed by atoms with Crippen LogP contribution >= 0.6 is 23.5 Å². The fourth-order valence-corrected chi connectivity index (χ4v) is 4.00. The van der Waals surface area contributed by atoms with Crippen LogP contribution in [0, 0.1) is 0 Å². The SMILES string of the molecule is CSc1cc(C(=O)c2ccccc2)ccc1Sc1ccccc1. The Balaban J connectivity index is 1.89. The lowest BCUT2D eigenvalue weighted by Gasteiger charge is -2.09. The fraction of sp³-hybridized carbons (Fsp3) is 0.0500. The van der Waals surface area contributed by atoms with E-state index in [0.29, 0.717) is 0 Å². The van der Waals surface area contributed by atoms with E-state index in [1.54, 1.807) is 23.5 Å². The topological polar surface area (TPSA) is 17.1 Å². The molecular weight excluding hydrogens is 320 g/mol. The molecule has 1 nitrogen and oxygen atoms in total. The molecule has 3 rings (SSSR count). The average Bonchev–Trinajstić information content (AvgIpc) is 2.63. The van der Waals surface area contributed by atoms with E-state index < -0.39 is 0 Å². The molecule has 3 heteroatoms. The standard InChI is InChI=1S/C20H16OS2/c1-22-19-14-16(20(21)15-8-4-2-5-9-15)12-13-18(19)23-17-10-6-3-7-11-17/h2-14H,1H3. The van der Waals surface area contributed by atoms with E-state index >= 15 is 0 Å². The number of ketones is 1. The smallest absolute Gasteiger partial charge is 0.193 e. The normalized spacial score (nSPS) is 10.5. The maximum absolute atomic E-state index is 12.6. The summed E-state index contributed by atoms with van der Waals surface area (Å²) in [4.78, 5) is 16.1. The van der Waals surface area contributed by atoms with Crippen LogP contribution < -0.4 is 0 Å². The first kappa shape index (κ1) is 15.9. The van der Waals surface area contributed by atoms with Gasteiger partial charge in [-0.3, -0.25) is 4.79 Å². The summed E-state index contributed by atoms with van der Waals surface area (Å²) in [6.45, 7) is 0. The Morgan fingerprint density at radius 1 is 0.739 bits per heavy atom. The highest BCUT2D eigenvalue weighted by atomic mass is 32.2. The van der Waals surface area contributed by atoms with Gasteiger partial charge in [0.25, 0.3) is 0 Å². The molecule has 0 spiro atoms. The van der Waals surface area contributed by atoms with Crippen LogP contribution in [0.1, 0.15) is 15.9 Å². The highest BCUT2D eigenvalue weighted by Crippen LogP contribution is 2.35. The summed E-state index contributed by atoms with van der Waals surface area (Å²) in [5.74, 6) is 0.0668. The maximum atomic E-state index is 12.6. The van der Waals surface area contributed by atoms with Gasteiger partial charge in [0.2, 0.25) is 0 Å². The van der Waals surface area contributed by atoms with Gasteiger partial charge < -0.3 is 0 Å². The molecule has 0 amide bonds. The second-order valence-corrected chi connectivity index (χ2v) is 6.94. The molecule has 0 unspecified atom stereocenters. The number of rotatable bonds is 5. The molecule has 0 fully saturated rings. The van der Waals surface area contributed by atoms with Gasteiger partial charge >= 0.3 is 0 Å². The van der Waals surface area contributed by atoms with Crippen molar-refractivity contribution in [2.75, 3.05) is 6.26 Å². The van der Waals surface area contributed by atoms with Gasteiger partial charge in [-0.15, -0.1) is 11.8 Å². The van der Waals surface area contributed by atoms with E-state index in [9.17, 15) is 4.79 Å². The maximum Gasteiger partial charge on any atom is 0.193 e. The first-order valence-corrected chi connectivity index (χ1v) is 9.33. The number of hydrogen-bond donors (Lipinski definition) is 0. The summed E-state index contributed by atoms with van der Waals surface area (Å²) in [6, 6.07) is 25.6. The van der Waals surface area contributed by atoms with Crippen LogP contribution in [0.5, 0.6) is 0 Å². The predicted molar refractivity (Wildman–Crippen MR) is 98.7 cm³/mol. The van der Waals surface area contributed by atoms with Crippen molar-refractivity contribution in [1.29, 1.82) is 0 Å². The van der Waals surface area contributed by atoms with Crippen molar-refractivity contribution in [3.63, 3.8) is 0 Å². The minimum atomic E-state index is 0.0668. The second-order valence-electron chi connectivity index (χ2n) is 4.98. The lowest BCUT2D eigenvalue weighted by molar-refractivity contribution is 0.103. The molecule has 23 heavy (non-hydrogen) atoms. The van der Waals surface area contributed by atoms with E-state index in [2.05, 4.69) is 12.1 Å². The van der Waals surface area contributed by atoms with Gasteiger partial charge in [0.05, 0.1) is 0 Å². The third kappa shape index (κ3) is 3.87. The van der Waals surface area contributed by atoms with Crippen LogP contribution in [0.4, 0.5) is 0 Å². The highest BCUT2D eigenvalue weighted by Gasteiger charge is 2.12. The first-order valence-electron chi connectivity index (χ1n) is 7.28. The van der Waals surface area contributed by atoms with Crippen molar-refractivity contribution < 1.29 is 4.79 Å². The van der Waals surface area contributed by atoms with Crippen LogP contribution in [-0.2, 0) is 0 Å². The third-order valence-electron chi connectivity index (χ3n) is 3.43.